The molecule has 3 rings (SSSR count). The smallest absolute Gasteiger partial charge is 0.419 e. The molecule has 0 bridgehead atoms. The Hall–Kier alpha value is -3.92. The van der Waals surface area contributed by atoms with Gasteiger partial charge in [0.05, 0.1) is 24.0 Å². The molecule has 0 aromatic carbocycles. The van der Waals surface area contributed by atoms with Crippen molar-refractivity contribution < 1.29 is 48.4 Å². The topological polar surface area (TPSA) is 186 Å². The zero-order valence-corrected chi connectivity index (χ0v) is 38.4. The monoisotopic (exact) mass is 858 g/mol. The van der Waals surface area contributed by atoms with Crippen molar-refractivity contribution in [2.45, 2.75) is 150 Å². The average molecular weight is 858 g/mol. The molecule has 1 aliphatic carbocycles. The fourth-order valence-corrected chi connectivity index (χ4v) is 9.05. The van der Waals surface area contributed by atoms with Gasteiger partial charge >= 0.3 is 6.09 Å². The number of Topliss-reactive ketones (excluding diaryl/α,β-unsaturated/α-hetero) is 2. The molecule has 0 saturated heterocycles. The Morgan fingerprint density at radius 3 is 2.26 bits per heavy atom. The summed E-state index contributed by atoms with van der Waals surface area (Å²) in [4.78, 5) is 54.6. The highest BCUT2D eigenvalue weighted by Crippen LogP contribution is 2.39. The van der Waals surface area contributed by atoms with E-state index in [9.17, 15) is 24.6 Å². The van der Waals surface area contributed by atoms with Crippen molar-refractivity contribution in [2.75, 3.05) is 27.4 Å². The standard InChI is InChI=1S/C46H75N5O10/c1-30-15-16-38(13-12-14-39(49-58-11)24-35(6)52)33(4)26-46(9,61-37(8)50-20-18-47-28-50)44(55)32(3)23-31(2)40(25-41(30)54)34(5)27-59-22-17-42(57-10)43(36(7)53)60-45(56)51-21-19-48-29-51/h18-21,28-36,38,40,42-43,52-53H,8,12-17,22-27H2,1-7,9-11H3/b49-39+/t30?,31-,32?,33+,34-,35?,36?,38-,40?,42+,43-,46+/m1/s1. The van der Waals surface area contributed by atoms with Crippen LogP contribution < -0.4 is 0 Å². The van der Waals surface area contributed by atoms with Gasteiger partial charge in [-0.3, -0.25) is 14.2 Å². The van der Waals surface area contributed by atoms with E-state index in [0.29, 0.717) is 57.4 Å². The van der Waals surface area contributed by atoms with E-state index in [1.54, 1.807) is 37.1 Å². The van der Waals surface area contributed by atoms with Crippen LogP contribution in [0.3, 0.4) is 0 Å². The Morgan fingerprint density at radius 2 is 1.67 bits per heavy atom. The third-order valence-corrected chi connectivity index (χ3v) is 12.6. The molecule has 0 spiro atoms. The maximum atomic E-state index is 14.7. The van der Waals surface area contributed by atoms with Crippen LogP contribution in [-0.2, 0) is 33.4 Å². The van der Waals surface area contributed by atoms with Crippen LogP contribution in [0.1, 0.15) is 120 Å². The van der Waals surface area contributed by atoms with Crippen molar-refractivity contribution in [3.63, 3.8) is 0 Å². The molecule has 61 heavy (non-hydrogen) atoms. The number of aromatic nitrogens is 4. The predicted molar refractivity (Wildman–Crippen MR) is 233 cm³/mol. The van der Waals surface area contributed by atoms with Gasteiger partial charge in [-0.15, -0.1) is 0 Å². The number of nitrogens with zero attached hydrogens (tertiary/aromatic N) is 5. The molecule has 1 fully saturated rings. The zero-order chi connectivity index (χ0) is 45.3. The Balaban J connectivity index is 1.82. The molecular formula is C46H75N5O10. The van der Waals surface area contributed by atoms with Crippen molar-refractivity contribution in [1.82, 2.24) is 19.1 Å². The van der Waals surface area contributed by atoms with Crippen LogP contribution in [0.15, 0.2) is 49.2 Å². The third kappa shape index (κ3) is 16.1. The number of methoxy groups -OCH3 is 1. The highest BCUT2D eigenvalue weighted by molar-refractivity contribution is 5.89. The molecule has 344 valence electrons. The first-order chi connectivity index (χ1) is 28.9. The highest BCUT2D eigenvalue weighted by Gasteiger charge is 2.43. The van der Waals surface area contributed by atoms with Crippen LogP contribution >= 0.6 is 0 Å². The lowest BCUT2D eigenvalue weighted by Crippen LogP contribution is -2.45. The molecule has 15 heteroatoms. The van der Waals surface area contributed by atoms with Gasteiger partial charge in [0.1, 0.15) is 25.5 Å². The molecule has 12 atom stereocenters. The molecule has 2 aromatic heterocycles. The number of hydrogen-bond acceptors (Lipinski definition) is 13. The summed E-state index contributed by atoms with van der Waals surface area (Å²) in [6.07, 6.45) is 11.5. The Morgan fingerprint density at radius 1 is 1.00 bits per heavy atom. The van der Waals surface area contributed by atoms with Gasteiger partial charge in [-0.1, -0.05) is 39.8 Å². The summed E-state index contributed by atoms with van der Waals surface area (Å²) in [5, 5.41) is 24.7. The molecular weight excluding hydrogens is 783 g/mol. The maximum Gasteiger partial charge on any atom is 0.419 e. The van der Waals surface area contributed by atoms with Gasteiger partial charge in [0.2, 0.25) is 0 Å². The number of carbonyl (C=O) groups is 3. The fraction of sp³-hybridized carbons (Fsp3) is 0.739. The quantitative estimate of drug-likeness (QED) is 0.0576. The van der Waals surface area contributed by atoms with Crippen LogP contribution in [0.5, 0.6) is 0 Å². The van der Waals surface area contributed by atoms with Crippen LogP contribution in [-0.4, -0.2) is 110 Å². The molecule has 2 aromatic rings. The molecule has 1 saturated carbocycles. The van der Waals surface area contributed by atoms with E-state index < -0.39 is 36.1 Å². The van der Waals surface area contributed by atoms with Crippen molar-refractivity contribution in [2.24, 2.45) is 46.6 Å². The summed E-state index contributed by atoms with van der Waals surface area (Å²) >= 11 is 0. The molecule has 0 radical (unpaired) electrons. The lowest BCUT2D eigenvalue weighted by molar-refractivity contribution is -0.142. The number of ether oxygens (including phenoxy) is 4. The van der Waals surface area contributed by atoms with Crippen molar-refractivity contribution in [1.29, 1.82) is 0 Å². The SMILES string of the molecule is C=C(O[C@@]1(C)C[C@H](C)[C@H](CCC/C(CC(C)O)=N\OC)CCC(C)C(=O)CC([C@H](C)COCC[C@H](OC)[C@H](OC(=O)n2ccnc2)C(C)O)[C@H](C)CC(C)C1=O)n1ccnc1. The molecule has 5 unspecified atom stereocenters. The fourth-order valence-electron chi connectivity index (χ4n) is 9.05. The van der Waals surface area contributed by atoms with Crippen LogP contribution in [0.25, 0.3) is 5.88 Å². The summed E-state index contributed by atoms with van der Waals surface area (Å²) in [6, 6.07) is 0. The number of oxime groups is 1. The second kappa shape index (κ2) is 25.3. The van der Waals surface area contributed by atoms with Crippen LogP contribution in [0, 0.1) is 41.4 Å². The number of hydrogen-bond donors (Lipinski definition) is 2. The first-order valence-corrected chi connectivity index (χ1v) is 22.1. The Kier molecular flexibility index (Phi) is 21.3. The van der Waals surface area contributed by atoms with Gasteiger partial charge in [-0.05, 0) is 102 Å². The van der Waals surface area contributed by atoms with E-state index in [1.165, 1.54) is 37.5 Å². The van der Waals surface area contributed by atoms with Crippen LogP contribution in [0.4, 0.5) is 4.79 Å². The lowest BCUT2D eigenvalue weighted by Gasteiger charge is -2.38. The third-order valence-electron chi connectivity index (χ3n) is 12.6. The minimum absolute atomic E-state index is 0.00134. The summed E-state index contributed by atoms with van der Waals surface area (Å²) in [5.74, 6) is 0.138. The first-order valence-electron chi connectivity index (χ1n) is 22.1. The second-order valence-corrected chi connectivity index (χ2v) is 17.9. The minimum atomic E-state index is -1.18. The maximum absolute atomic E-state index is 14.7. The van der Waals surface area contributed by atoms with Crippen molar-refractivity contribution in [3.8, 4) is 0 Å². The van der Waals surface area contributed by atoms with Crippen LogP contribution in [0.2, 0.25) is 0 Å². The molecule has 2 heterocycles. The number of aliphatic hydroxyl groups is 2. The largest absolute Gasteiger partial charge is 0.465 e. The van der Waals surface area contributed by atoms with Gasteiger partial charge in [0.25, 0.3) is 0 Å². The lowest BCUT2D eigenvalue weighted by atomic mass is 9.70. The second-order valence-electron chi connectivity index (χ2n) is 17.9. The number of carbonyl (C=O) groups excluding carboxylic acids is 3. The Bertz CT molecular complexity index is 1650. The van der Waals surface area contributed by atoms with Crippen molar-refractivity contribution in [3.05, 3.63) is 44.0 Å². The van der Waals surface area contributed by atoms with Gasteiger partial charge in [-0.2, -0.15) is 0 Å². The molecule has 0 amide bonds. The van der Waals surface area contributed by atoms with Gasteiger partial charge in [-0.25, -0.2) is 19.3 Å². The predicted octanol–water partition coefficient (Wildman–Crippen LogP) is 7.60. The summed E-state index contributed by atoms with van der Waals surface area (Å²) in [7, 11) is 3.01. The number of rotatable bonds is 20. The van der Waals surface area contributed by atoms with E-state index in [1.807, 2.05) is 20.8 Å². The molecule has 1 aliphatic rings. The molecule has 2 N–H and O–H groups in total. The number of aliphatic hydroxyl groups excluding tert-OH is 2. The van der Waals surface area contributed by atoms with Gasteiger partial charge in [0.15, 0.2) is 23.4 Å². The zero-order valence-electron chi connectivity index (χ0n) is 38.4. The molecule has 0 aliphatic heterocycles. The van der Waals surface area contributed by atoms with Crippen molar-refractivity contribution >= 4 is 29.3 Å². The van der Waals surface area contributed by atoms with E-state index >= 15 is 0 Å². The van der Waals surface area contributed by atoms with Gasteiger partial charge in [0, 0.05) is 76.2 Å². The summed E-state index contributed by atoms with van der Waals surface area (Å²) in [5.41, 5.74) is -0.381. The number of ketones is 2. The Labute approximate surface area is 363 Å². The number of imidazole rings is 2. The normalized spacial score (nSPS) is 27.3. The van der Waals surface area contributed by atoms with E-state index in [2.05, 4.69) is 42.5 Å². The minimum Gasteiger partial charge on any atom is -0.465 e. The molecule has 15 nitrogen and oxygen atoms in total. The summed E-state index contributed by atoms with van der Waals surface area (Å²) in [6.45, 7) is 20.3. The van der Waals surface area contributed by atoms with Gasteiger partial charge < -0.3 is 34.0 Å². The van der Waals surface area contributed by atoms with E-state index in [4.69, 9.17) is 23.8 Å². The van der Waals surface area contributed by atoms with E-state index in [-0.39, 0.29) is 59.6 Å². The highest BCUT2D eigenvalue weighted by atomic mass is 16.6. The summed E-state index contributed by atoms with van der Waals surface area (Å²) < 4.78 is 26.9. The average Bonchev–Trinajstić information content (AvgIpc) is 3.95. The van der Waals surface area contributed by atoms with E-state index in [0.717, 1.165) is 25.0 Å². The first kappa shape index (κ1) is 51.4.